The predicted octanol–water partition coefficient (Wildman–Crippen LogP) is 1.32. The number of carbonyl (C=O) groups excluding carboxylic acids is 1. The highest BCUT2D eigenvalue weighted by Crippen LogP contribution is 2.19. The van der Waals surface area contributed by atoms with Gasteiger partial charge in [0.05, 0.1) is 6.10 Å². The summed E-state index contributed by atoms with van der Waals surface area (Å²) in [5, 5.41) is 11.5. The Balaban J connectivity index is 2.13. The van der Waals surface area contributed by atoms with E-state index in [2.05, 4.69) is 10.8 Å². The Kier molecular flexibility index (Phi) is 6.18. The first-order valence-corrected chi connectivity index (χ1v) is 6.09. The van der Waals surface area contributed by atoms with Gasteiger partial charge in [-0.25, -0.2) is 10.3 Å². The van der Waals surface area contributed by atoms with Crippen molar-refractivity contribution in [3.63, 3.8) is 0 Å². The second-order valence-corrected chi connectivity index (χ2v) is 4.22. The minimum Gasteiger partial charge on any atom is -0.396 e. The third-order valence-corrected chi connectivity index (χ3v) is 2.93. The van der Waals surface area contributed by atoms with Crippen molar-refractivity contribution in [2.24, 2.45) is 0 Å². The minimum absolute atomic E-state index is 0.0113. The number of carbonyl (C=O) groups is 1. The Morgan fingerprint density at radius 2 is 2.19 bits per heavy atom. The maximum atomic E-state index is 11.4. The van der Waals surface area contributed by atoms with E-state index in [0.29, 0.717) is 6.42 Å². The van der Waals surface area contributed by atoms with Crippen molar-refractivity contribution >= 4 is 6.03 Å². The van der Waals surface area contributed by atoms with Crippen LogP contribution in [0.1, 0.15) is 45.4 Å². The van der Waals surface area contributed by atoms with Crippen molar-refractivity contribution in [3.8, 4) is 0 Å². The van der Waals surface area contributed by atoms with Gasteiger partial charge in [0.2, 0.25) is 0 Å². The summed E-state index contributed by atoms with van der Waals surface area (Å²) in [6.07, 6.45) is 5.95. The van der Waals surface area contributed by atoms with Crippen molar-refractivity contribution in [2.75, 3.05) is 6.61 Å². The summed E-state index contributed by atoms with van der Waals surface area (Å²) in [7, 11) is 0. The number of aliphatic hydroxyl groups excluding tert-OH is 1. The Labute approximate surface area is 96.5 Å². The molecule has 1 aliphatic rings. The maximum absolute atomic E-state index is 11.4. The van der Waals surface area contributed by atoms with Crippen LogP contribution in [0.5, 0.6) is 0 Å². The molecule has 1 unspecified atom stereocenters. The lowest BCUT2D eigenvalue weighted by atomic mass is 10.2. The van der Waals surface area contributed by atoms with Crippen molar-refractivity contribution in [3.05, 3.63) is 0 Å². The van der Waals surface area contributed by atoms with Gasteiger partial charge < -0.3 is 10.4 Å². The molecule has 94 valence electrons. The zero-order valence-electron chi connectivity index (χ0n) is 9.87. The molecule has 0 heterocycles. The number of amides is 2. The van der Waals surface area contributed by atoms with Crippen LogP contribution in [0.4, 0.5) is 4.79 Å². The standard InChI is InChI=1S/C11H22N2O3/c1-2-9(7-8-14)12-11(15)13-16-10-5-3-4-6-10/h9-10,14H,2-8H2,1H3,(H2,12,13,15). The van der Waals surface area contributed by atoms with Gasteiger partial charge in [0.15, 0.2) is 0 Å². The minimum atomic E-state index is -0.313. The molecule has 16 heavy (non-hydrogen) atoms. The number of hydroxylamine groups is 1. The number of urea groups is 1. The molecule has 5 nitrogen and oxygen atoms in total. The fraction of sp³-hybridized carbons (Fsp3) is 0.909. The summed E-state index contributed by atoms with van der Waals surface area (Å²) in [6, 6.07) is -0.302. The second kappa shape index (κ2) is 7.46. The summed E-state index contributed by atoms with van der Waals surface area (Å²) in [5.41, 5.74) is 2.42. The van der Waals surface area contributed by atoms with Gasteiger partial charge in [-0.1, -0.05) is 19.8 Å². The van der Waals surface area contributed by atoms with Crippen LogP contribution in [0.15, 0.2) is 0 Å². The Morgan fingerprint density at radius 3 is 2.75 bits per heavy atom. The number of aliphatic hydroxyl groups is 1. The molecular formula is C11H22N2O3. The van der Waals surface area contributed by atoms with Crippen molar-refractivity contribution in [1.82, 2.24) is 10.8 Å². The zero-order chi connectivity index (χ0) is 11.8. The van der Waals surface area contributed by atoms with Gasteiger partial charge >= 0.3 is 6.03 Å². The highest BCUT2D eigenvalue weighted by Gasteiger charge is 2.17. The largest absolute Gasteiger partial charge is 0.396 e. The molecule has 5 heteroatoms. The van der Waals surface area contributed by atoms with Crippen LogP contribution in [-0.2, 0) is 4.84 Å². The highest BCUT2D eigenvalue weighted by molar-refractivity contribution is 5.73. The molecule has 1 atom stereocenters. The third kappa shape index (κ3) is 4.81. The second-order valence-electron chi connectivity index (χ2n) is 4.22. The van der Waals surface area contributed by atoms with Gasteiger partial charge in [-0.05, 0) is 25.7 Å². The fourth-order valence-electron chi connectivity index (χ4n) is 1.89. The molecule has 0 aromatic carbocycles. The van der Waals surface area contributed by atoms with E-state index in [1.165, 1.54) is 12.8 Å². The summed E-state index contributed by atoms with van der Waals surface area (Å²) in [5.74, 6) is 0. The Hall–Kier alpha value is -0.810. The van der Waals surface area contributed by atoms with Crippen molar-refractivity contribution < 1.29 is 14.7 Å². The molecule has 2 amide bonds. The van der Waals surface area contributed by atoms with E-state index in [4.69, 9.17) is 9.94 Å². The van der Waals surface area contributed by atoms with Crippen LogP contribution >= 0.6 is 0 Å². The van der Waals surface area contributed by atoms with E-state index < -0.39 is 0 Å². The van der Waals surface area contributed by atoms with Gasteiger partial charge in [0.25, 0.3) is 0 Å². The molecule has 1 aliphatic carbocycles. The SMILES string of the molecule is CCC(CCO)NC(=O)NOC1CCCC1. The average molecular weight is 230 g/mol. The van der Waals surface area contributed by atoms with Gasteiger partial charge in [-0.2, -0.15) is 0 Å². The van der Waals surface area contributed by atoms with Crippen molar-refractivity contribution in [2.45, 2.75) is 57.6 Å². The van der Waals surface area contributed by atoms with E-state index in [1.54, 1.807) is 0 Å². The third-order valence-electron chi connectivity index (χ3n) is 2.93. The molecule has 0 saturated heterocycles. The molecule has 1 rings (SSSR count). The normalized spacial score (nSPS) is 18.4. The maximum Gasteiger partial charge on any atom is 0.338 e. The molecule has 1 fully saturated rings. The van der Waals surface area contributed by atoms with Gasteiger partial charge in [0.1, 0.15) is 0 Å². The molecule has 0 aliphatic heterocycles. The molecular weight excluding hydrogens is 208 g/mol. The van der Waals surface area contributed by atoms with Gasteiger partial charge in [-0.3, -0.25) is 4.84 Å². The quantitative estimate of drug-likeness (QED) is 0.603. The first-order valence-electron chi connectivity index (χ1n) is 6.09. The van der Waals surface area contributed by atoms with Crippen LogP contribution in [0.25, 0.3) is 0 Å². The van der Waals surface area contributed by atoms with E-state index in [0.717, 1.165) is 19.3 Å². The summed E-state index contributed by atoms with van der Waals surface area (Å²) < 4.78 is 0. The first kappa shape index (κ1) is 13.3. The number of rotatable bonds is 6. The molecule has 1 saturated carbocycles. The lowest BCUT2D eigenvalue weighted by molar-refractivity contribution is -0.000584. The highest BCUT2D eigenvalue weighted by atomic mass is 16.7. The number of nitrogens with one attached hydrogen (secondary N) is 2. The predicted molar refractivity (Wildman–Crippen MR) is 60.8 cm³/mol. The number of hydrogen-bond acceptors (Lipinski definition) is 3. The molecule has 3 N–H and O–H groups in total. The summed E-state index contributed by atoms with van der Waals surface area (Å²) >= 11 is 0. The monoisotopic (exact) mass is 230 g/mol. The van der Waals surface area contributed by atoms with Crippen LogP contribution in [0, 0.1) is 0 Å². The fourth-order valence-corrected chi connectivity index (χ4v) is 1.89. The summed E-state index contributed by atoms with van der Waals surface area (Å²) in [6.45, 7) is 2.06. The van der Waals surface area contributed by atoms with E-state index in [-0.39, 0.29) is 24.8 Å². The Bertz CT molecular complexity index is 205. The van der Waals surface area contributed by atoms with Crippen LogP contribution in [0.2, 0.25) is 0 Å². The topological polar surface area (TPSA) is 70.6 Å². The smallest absolute Gasteiger partial charge is 0.338 e. The summed E-state index contributed by atoms with van der Waals surface area (Å²) in [4.78, 5) is 16.7. The molecule has 0 spiro atoms. The van der Waals surface area contributed by atoms with Gasteiger partial charge in [-0.15, -0.1) is 0 Å². The number of hydrogen-bond donors (Lipinski definition) is 3. The molecule has 0 bridgehead atoms. The van der Waals surface area contributed by atoms with Crippen LogP contribution in [-0.4, -0.2) is 29.9 Å². The lowest BCUT2D eigenvalue weighted by Gasteiger charge is -2.17. The average Bonchev–Trinajstić information content (AvgIpc) is 2.78. The first-order chi connectivity index (χ1) is 7.76. The molecule has 0 radical (unpaired) electrons. The zero-order valence-corrected chi connectivity index (χ0v) is 9.87. The lowest BCUT2D eigenvalue weighted by Crippen LogP contribution is -2.43. The molecule has 0 aromatic rings. The van der Waals surface area contributed by atoms with Crippen molar-refractivity contribution in [1.29, 1.82) is 0 Å². The van der Waals surface area contributed by atoms with E-state index in [1.807, 2.05) is 6.92 Å². The van der Waals surface area contributed by atoms with Gasteiger partial charge in [0, 0.05) is 12.6 Å². The molecule has 0 aromatic heterocycles. The van der Waals surface area contributed by atoms with E-state index in [9.17, 15) is 4.79 Å². The Morgan fingerprint density at radius 1 is 1.50 bits per heavy atom. The van der Waals surface area contributed by atoms with Crippen LogP contribution in [0.3, 0.4) is 0 Å². The van der Waals surface area contributed by atoms with Crippen LogP contribution < -0.4 is 10.8 Å². The van der Waals surface area contributed by atoms with E-state index >= 15 is 0 Å².